The lowest BCUT2D eigenvalue weighted by atomic mass is 10.0. The fraction of sp³-hybridized carbons (Fsp3) is 0.653. The van der Waals surface area contributed by atoms with Gasteiger partial charge in [-0.1, -0.05) is 201 Å². The van der Waals surface area contributed by atoms with Crippen LogP contribution in [0.2, 0.25) is 0 Å². The van der Waals surface area contributed by atoms with Crippen molar-refractivity contribution in [3.63, 3.8) is 0 Å². The molecule has 0 aromatic carbocycles. The largest absolute Gasteiger partial charge is 0.394 e. The monoisotopic (exact) mass is 734 g/mol. The molecule has 0 aromatic heterocycles. The van der Waals surface area contributed by atoms with Crippen LogP contribution in [0.25, 0.3) is 0 Å². The Labute approximate surface area is 328 Å². The molecule has 0 radical (unpaired) electrons. The second kappa shape index (κ2) is 43.7. The quantitative estimate of drug-likeness (QED) is 0.0437. The fourth-order valence-electron chi connectivity index (χ4n) is 6.02. The Bertz CT molecular complexity index is 1010. The first-order valence-corrected chi connectivity index (χ1v) is 21.9. The van der Waals surface area contributed by atoms with Crippen LogP contribution in [0.1, 0.15) is 187 Å². The number of hydrogen-bond donors (Lipinski definition) is 3. The minimum Gasteiger partial charge on any atom is -0.394 e. The number of aliphatic hydroxyl groups is 2. The Kier molecular flexibility index (Phi) is 41.5. The number of carbonyl (C=O) groups excluding carboxylic acids is 1. The summed E-state index contributed by atoms with van der Waals surface area (Å²) in [6, 6.07) is -0.566. The highest BCUT2D eigenvalue weighted by molar-refractivity contribution is 5.76. The minimum atomic E-state index is -0.684. The van der Waals surface area contributed by atoms with E-state index in [1.165, 1.54) is 77.0 Å². The van der Waals surface area contributed by atoms with E-state index in [1.54, 1.807) is 0 Å². The van der Waals surface area contributed by atoms with Gasteiger partial charge in [-0.25, -0.2) is 0 Å². The first-order chi connectivity index (χ1) is 26.2. The van der Waals surface area contributed by atoms with Gasteiger partial charge in [0.15, 0.2) is 0 Å². The Morgan fingerprint density at radius 3 is 1.21 bits per heavy atom. The zero-order chi connectivity index (χ0) is 38.6. The zero-order valence-corrected chi connectivity index (χ0v) is 34.5. The predicted octanol–water partition coefficient (Wildman–Crippen LogP) is 13.8. The van der Waals surface area contributed by atoms with Crippen LogP contribution in [0, 0.1) is 0 Å². The lowest BCUT2D eigenvalue weighted by molar-refractivity contribution is -0.123. The van der Waals surface area contributed by atoms with E-state index in [0.29, 0.717) is 12.8 Å². The van der Waals surface area contributed by atoms with Gasteiger partial charge in [0.05, 0.1) is 18.8 Å². The molecule has 0 aliphatic heterocycles. The van der Waals surface area contributed by atoms with Crippen LogP contribution in [-0.4, -0.2) is 34.9 Å². The van der Waals surface area contributed by atoms with E-state index >= 15 is 0 Å². The number of allylic oxidation sites excluding steroid dienone is 16. The maximum absolute atomic E-state index is 12.4. The number of carbonyl (C=O) groups is 1. The zero-order valence-electron chi connectivity index (χ0n) is 34.5. The lowest BCUT2D eigenvalue weighted by Gasteiger charge is -2.22. The van der Waals surface area contributed by atoms with E-state index in [1.807, 2.05) is 0 Å². The van der Waals surface area contributed by atoms with Gasteiger partial charge in [0, 0.05) is 6.42 Å². The third-order valence-electron chi connectivity index (χ3n) is 9.36. The molecule has 2 unspecified atom stereocenters. The summed E-state index contributed by atoms with van der Waals surface area (Å²) in [6.07, 6.45) is 64.8. The molecule has 0 aliphatic carbocycles. The molecule has 0 spiro atoms. The first-order valence-electron chi connectivity index (χ1n) is 21.9. The number of nitrogens with one attached hydrogen (secondary N) is 1. The number of hydrogen-bond acceptors (Lipinski definition) is 3. The molecule has 0 bridgehead atoms. The summed E-state index contributed by atoms with van der Waals surface area (Å²) in [5.74, 6) is -0.0784. The molecule has 2 atom stereocenters. The van der Waals surface area contributed by atoms with E-state index < -0.39 is 12.1 Å². The van der Waals surface area contributed by atoms with Crippen molar-refractivity contribution in [1.82, 2.24) is 5.32 Å². The molecule has 53 heavy (non-hydrogen) atoms. The van der Waals surface area contributed by atoms with Gasteiger partial charge in [-0.15, -0.1) is 0 Å². The Hall–Kier alpha value is -2.69. The maximum Gasteiger partial charge on any atom is 0.220 e. The maximum atomic E-state index is 12.4. The van der Waals surface area contributed by atoms with Crippen molar-refractivity contribution in [2.75, 3.05) is 6.61 Å². The molecule has 4 nitrogen and oxygen atoms in total. The predicted molar refractivity (Wildman–Crippen MR) is 234 cm³/mol. The van der Waals surface area contributed by atoms with Gasteiger partial charge >= 0.3 is 0 Å². The summed E-state index contributed by atoms with van der Waals surface area (Å²) in [7, 11) is 0. The van der Waals surface area contributed by atoms with E-state index in [9.17, 15) is 15.0 Å². The number of amides is 1. The molecule has 3 N–H and O–H groups in total. The normalized spacial score (nSPS) is 14.0. The molecule has 4 heteroatoms. The summed E-state index contributed by atoms with van der Waals surface area (Å²) in [4.78, 5) is 12.4. The molecule has 0 saturated heterocycles. The van der Waals surface area contributed by atoms with Crippen LogP contribution in [0.4, 0.5) is 0 Å². The van der Waals surface area contributed by atoms with Crippen LogP contribution >= 0.6 is 0 Å². The van der Waals surface area contributed by atoms with Gasteiger partial charge in [0.2, 0.25) is 5.91 Å². The lowest BCUT2D eigenvalue weighted by Crippen LogP contribution is -2.45. The smallest absolute Gasteiger partial charge is 0.220 e. The minimum absolute atomic E-state index is 0.0784. The van der Waals surface area contributed by atoms with Crippen molar-refractivity contribution in [2.45, 2.75) is 199 Å². The second-order valence-electron chi connectivity index (χ2n) is 14.4. The summed E-state index contributed by atoms with van der Waals surface area (Å²) in [5, 5.41) is 23.1. The van der Waals surface area contributed by atoms with Crippen molar-refractivity contribution in [3.8, 4) is 0 Å². The number of rotatable bonds is 38. The van der Waals surface area contributed by atoms with E-state index in [4.69, 9.17) is 0 Å². The van der Waals surface area contributed by atoms with Crippen LogP contribution in [0.5, 0.6) is 0 Å². The van der Waals surface area contributed by atoms with Gasteiger partial charge < -0.3 is 15.5 Å². The topological polar surface area (TPSA) is 69.6 Å². The molecule has 1 amide bonds. The van der Waals surface area contributed by atoms with Crippen molar-refractivity contribution >= 4 is 5.91 Å². The summed E-state index contributed by atoms with van der Waals surface area (Å²) >= 11 is 0. The van der Waals surface area contributed by atoms with E-state index in [2.05, 4.69) is 116 Å². The van der Waals surface area contributed by atoms with E-state index in [0.717, 1.165) is 83.5 Å². The standard InChI is InChI=1S/C49H83NO3/c1-3-5-7-9-11-13-15-17-19-20-21-22-23-24-25-26-27-28-29-30-31-33-35-37-39-41-43-45-49(53)50-47(46-51)48(52)44-42-40-38-36-34-32-18-16-14-12-10-8-6-4-2/h5,7,11,13,17,19,21-22,24-25,27-28,30-31,35,37,47-48,51-52H,3-4,6,8-10,12,14-16,18,20,23,26,29,32-34,36,38-46H2,1-2H3,(H,50,53)/b7-5-,13-11-,19-17-,22-21-,25-24-,28-27-,31-30-,37-35-. The van der Waals surface area contributed by atoms with E-state index in [-0.39, 0.29) is 12.5 Å². The number of unbranched alkanes of at least 4 members (excludes halogenated alkanes) is 15. The molecule has 0 heterocycles. The second-order valence-corrected chi connectivity index (χ2v) is 14.4. The van der Waals surface area contributed by atoms with Crippen LogP contribution in [-0.2, 0) is 4.79 Å². The highest BCUT2D eigenvalue weighted by Crippen LogP contribution is 2.15. The third-order valence-corrected chi connectivity index (χ3v) is 9.36. The number of aliphatic hydroxyl groups excluding tert-OH is 2. The van der Waals surface area contributed by atoms with Crippen LogP contribution in [0.3, 0.4) is 0 Å². The molecule has 0 saturated carbocycles. The van der Waals surface area contributed by atoms with Gasteiger partial charge in [0.1, 0.15) is 0 Å². The highest BCUT2D eigenvalue weighted by atomic mass is 16.3. The molecule has 302 valence electrons. The molecule has 0 fully saturated rings. The Balaban J connectivity index is 3.71. The van der Waals surface area contributed by atoms with Gasteiger partial charge in [-0.05, 0) is 77.0 Å². The van der Waals surface area contributed by atoms with Crippen LogP contribution in [0.15, 0.2) is 97.2 Å². The average Bonchev–Trinajstić information content (AvgIpc) is 3.16. The SMILES string of the molecule is CC/C=C\C/C=C\C/C=C\C/C=C\C/C=C\C/C=C\C/C=C\C/C=C\CCCCC(=O)NC(CO)C(O)CCCCCCCCCCCCCCCC. The van der Waals surface area contributed by atoms with Gasteiger partial charge in [-0.2, -0.15) is 0 Å². The molecule has 0 aliphatic rings. The molecular formula is C49H83NO3. The average molecular weight is 734 g/mol. The molecular weight excluding hydrogens is 651 g/mol. The Morgan fingerprint density at radius 2 is 0.830 bits per heavy atom. The molecule has 0 rings (SSSR count). The Morgan fingerprint density at radius 1 is 0.472 bits per heavy atom. The summed E-state index contributed by atoms with van der Waals surface area (Å²) in [6.45, 7) is 4.21. The van der Waals surface area contributed by atoms with Gasteiger partial charge in [0.25, 0.3) is 0 Å². The molecule has 0 aromatic rings. The van der Waals surface area contributed by atoms with Crippen molar-refractivity contribution in [3.05, 3.63) is 97.2 Å². The summed E-state index contributed by atoms with van der Waals surface area (Å²) in [5.41, 5.74) is 0. The highest BCUT2D eigenvalue weighted by Gasteiger charge is 2.19. The van der Waals surface area contributed by atoms with Crippen molar-refractivity contribution in [2.24, 2.45) is 0 Å². The van der Waals surface area contributed by atoms with Crippen LogP contribution < -0.4 is 5.32 Å². The first kappa shape index (κ1) is 50.3. The third kappa shape index (κ3) is 40.3. The summed E-state index contributed by atoms with van der Waals surface area (Å²) < 4.78 is 0. The van der Waals surface area contributed by atoms with Gasteiger partial charge in [-0.3, -0.25) is 4.79 Å². The van der Waals surface area contributed by atoms with Crippen molar-refractivity contribution in [1.29, 1.82) is 0 Å². The van der Waals surface area contributed by atoms with Crippen molar-refractivity contribution < 1.29 is 15.0 Å². The fourth-order valence-corrected chi connectivity index (χ4v) is 6.02.